The maximum absolute atomic E-state index is 11.5. The summed E-state index contributed by atoms with van der Waals surface area (Å²) >= 11 is 0. The SMILES string of the molecule is CC(=O)Oc1ccc2ccc3ccc4ccc5ccc6ccccc6c5c4c3c2c1. The molecule has 0 unspecified atom stereocenters. The number of esters is 1. The van der Waals surface area contributed by atoms with E-state index in [0.29, 0.717) is 5.75 Å². The first kappa shape index (κ1) is 17.0. The van der Waals surface area contributed by atoms with Crippen molar-refractivity contribution in [2.45, 2.75) is 6.92 Å². The van der Waals surface area contributed by atoms with Crippen molar-refractivity contribution in [1.82, 2.24) is 0 Å². The number of carbonyl (C=O) groups is 1. The van der Waals surface area contributed by atoms with Crippen molar-refractivity contribution >= 4 is 59.8 Å². The van der Waals surface area contributed by atoms with Crippen molar-refractivity contribution in [3.63, 3.8) is 0 Å². The summed E-state index contributed by atoms with van der Waals surface area (Å²) in [4.78, 5) is 11.5. The molecule has 142 valence electrons. The van der Waals surface area contributed by atoms with Crippen LogP contribution in [-0.2, 0) is 4.79 Å². The monoisotopic (exact) mass is 386 g/mol. The summed E-state index contributed by atoms with van der Waals surface area (Å²) in [5, 5.41) is 12.0. The van der Waals surface area contributed by atoms with Crippen LogP contribution in [0.25, 0.3) is 53.9 Å². The predicted octanol–water partition coefficient (Wildman–Crippen LogP) is 7.38. The van der Waals surface area contributed by atoms with Crippen molar-refractivity contribution < 1.29 is 9.53 Å². The van der Waals surface area contributed by atoms with Gasteiger partial charge in [-0.2, -0.15) is 0 Å². The lowest BCUT2D eigenvalue weighted by atomic mass is 9.90. The van der Waals surface area contributed by atoms with Crippen LogP contribution in [0.2, 0.25) is 0 Å². The van der Waals surface area contributed by atoms with E-state index in [2.05, 4.69) is 72.8 Å². The molecule has 0 atom stereocenters. The maximum Gasteiger partial charge on any atom is 0.308 e. The molecule has 0 aromatic heterocycles. The summed E-state index contributed by atoms with van der Waals surface area (Å²) in [6, 6.07) is 31.9. The van der Waals surface area contributed by atoms with Crippen molar-refractivity contribution in [1.29, 1.82) is 0 Å². The van der Waals surface area contributed by atoms with Gasteiger partial charge in [0.1, 0.15) is 5.75 Å². The minimum Gasteiger partial charge on any atom is -0.427 e. The second kappa shape index (κ2) is 6.30. The summed E-state index contributed by atoms with van der Waals surface area (Å²) < 4.78 is 5.40. The van der Waals surface area contributed by atoms with Crippen LogP contribution in [0.5, 0.6) is 5.75 Å². The van der Waals surface area contributed by atoms with Gasteiger partial charge in [0, 0.05) is 6.92 Å². The van der Waals surface area contributed by atoms with Crippen molar-refractivity contribution in [2.75, 3.05) is 0 Å². The average Bonchev–Trinajstić information content (AvgIpc) is 2.77. The molecule has 0 saturated carbocycles. The molecular weight excluding hydrogens is 368 g/mol. The molecule has 0 bridgehead atoms. The minimum absolute atomic E-state index is 0.309. The van der Waals surface area contributed by atoms with Crippen LogP contribution in [-0.4, -0.2) is 5.97 Å². The van der Waals surface area contributed by atoms with Gasteiger partial charge in [0.2, 0.25) is 0 Å². The number of fused-ring (bicyclic) bond motifs is 9. The lowest BCUT2D eigenvalue weighted by molar-refractivity contribution is -0.131. The second-order valence-electron chi connectivity index (χ2n) is 7.75. The standard InChI is InChI=1S/C28H18O2/c1-17(29)30-23-15-14-19-7-9-21-11-13-22-12-10-20-8-6-18-4-2-3-5-24(18)26(20)28(22)27(21)25(19)16-23/h2-16H,1H3. The third kappa shape index (κ3) is 2.47. The summed E-state index contributed by atoms with van der Waals surface area (Å²) in [5.41, 5.74) is 0. The smallest absolute Gasteiger partial charge is 0.308 e. The molecule has 0 aliphatic heterocycles. The Labute approximate surface area is 173 Å². The normalized spacial score (nSPS) is 11.6. The van der Waals surface area contributed by atoms with Gasteiger partial charge in [0.15, 0.2) is 0 Å². The Kier molecular flexibility index (Phi) is 3.57. The highest BCUT2D eigenvalue weighted by molar-refractivity contribution is 6.32. The first-order chi connectivity index (χ1) is 14.7. The number of rotatable bonds is 1. The van der Waals surface area contributed by atoms with Gasteiger partial charge in [0.25, 0.3) is 0 Å². The van der Waals surface area contributed by atoms with Gasteiger partial charge in [0.05, 0.1) is 0 Å². The molecule has 0 aliphatic carbocycles. The number of ether oxygens (including phenoxy) is 1. The predicted molar refractivity (Wildman–Crippen MR) is 125 cm³/mol. The second-order valence-corrected chi connectivity index (χ2v) is 7.75. The van der Waals surface area contributed by atoms with Crippen LogP contribution < -0.4 is 4.74 Å². The van der Waals surface area contributed by atoms with E-state index in [4.69, 9.17) is 4.74 Å². The zero-order valence-corrected chi connectivity index (χ0v) is 16.5. The highest BCUT2D eigenvalue weighted by Crippen LogP contribution is 2.40. The van der Waals surface area contributed by atoms with Gasteiger partial charge in [-0.25, -0.2) is 0 Å². The van der Waals surface area contributed by atoms with Crippen LogP contribution >= 0.6 is 0 Å². The Morgan fingerprint density at radius 1 is 0.567 bits per heavy atom. The van der Waals surface area contributed by atoms with Crippen molar-refractivity contribution in [3.8, 4) is 5.75 Å². The van der Waals surface area contributed by atoms with Crippen molar-refractivity contribution in [2.24, 2.45) is 0 Å². The number of benzene rings is 6. The van der Waals surface area contributed by atoms with Gasteiger partial charge in [-0.1, -0.05) is 78.9 Å². The molecule has 0 amide bonds. The Morgan fingerprint density at radius 3 is 1.73 bits per heavy atom. The van der Waals surface area contributed by atoms with E-state index in [1.54, 1.807) is 0 Å². The summed E-state index contributed by atoms with van der Waals surface area (Å²) in [7, 11) is 0. The van der Waals surface area contributed by atoms with Crippen LogP contribution in [0, 0.1) is 0 Å². The van der Waals surface area contributed by atoms with E-state index < -0.39 is 0 Å². The van der Waals surface area contributed by atoms with E-state index in [0.717, 1.165) is 10.8 Å². The van der Waals surface area contributed by atoms with Gasteiger partial charge in [-0.3, -0.25) is 4.79 Å². The lowest BCUT2D eigenvalue weighted by Crippen LogP contribution is -2.00. The Balaban J connectivity index is 1.89. The molecule has 0 radical (unpaired) electrons. The van der Waals surface area contributed by atoms with Crippen LogP contribution in [0.1, 0.15) is 6.92 Å². The quantitative estimate of drug-likeness (QED) is 0.167. The Bertz CT molecular complexity index is 1630. The van der Waals surface area contributed by atoms with E-state index in [9.17, 15) is 4.79 Å². The van der Waals surface area contributed by atoms with Gasteiger partial charge < -0.3 is 4.74 Å². The molecule has 6 aromatic carbocycles. The molecular formula is C28H18O2. The fraction of sp³-hybridized carbons (Fsp3) is 0.0357. The molecule has 6 aromatic rings. The third-order valence-corrected chi connectivity index (χ3v) is 5.92. The Hall–Kier alpha value is -3.91. The third-order valence-electron chi connectivity index (χ3n) is 5.92. The van der Waals surface area contributed by atoms with Gasteiger partial charge in [-0.05, 0) is 66.0 Å². The summed E-state index contributed by atoms with van der Waals surface area (Å²) in [6.07, 6.45) is 0. The molecule has 30 heavy (non-hydrogen) atoms. The fourth-order valence-corrected chi connectivity index (χ4v) is 4.66. The highest BCUT2D eigenvalue weighted by Gasteiger charge is 2.12. The van der Waals surface area contributed by atoms with E-state index in [-0.39, 0.29) is 5.97 Å². The van der Waals surface area contributed by atoms with E-state index in [1.165, 1.54) is 50.0 Å². The molecule has 0 aliphatic rings. The lowest BCUT2D eigenvalue weighted by Gasteiger charge is -2.13. The number of hydrogen-bond donors (Lipinski definition) is 0. The molecule has 2 nitrogen and oxygen atoms in total. The van der Waals surface area contributed by atoms with Crippen molar-refractivity contribution in [3.05, 3.63) is 91.0 Å². The summed E-state index contributed by atoms with van der Waals surface area (Å²) in [5.74, 6) is 0.264. The molecule has 0 fully saturated rings. The zero-order valence-electron chi connectivity index (χ0n) is 16.5. The van der Waals surface area contributed by atoms with E-state index >= 15 is 0 Å². The molecule has 0 spiro atoms. The largest absolute Gasteiger partial charge is 0.427 e. The van der Waals surface area contributed by atoms with Gasteiger partial charge >= 0.3 is 5.97 Å². The minimum atomic E-state index is -0.309. The number of hydrogen-bond acceptors (Lipinski definition) is 2. The first-order valence-corrected chi connectivity index (χ1v) is 10.1. The molecule has 0 N–H and O–H groups in total. The topological polar surface area (TPSA) is 26.3 Å². The summed E-state index contributed by atoms with van der Waals surface area (Å²) in [6.45, 7) is 1.43. The maximum atomic E-state index is 11.5. The average molecular weight is 386 g/mol. The highest BCUT2D eigenvalue weighted by atomic mass is 16.5. The first-order valence-electron chi connectivity index (χ1n) is 10.1. The van der Waals surface area contributed by atoms with Crippen LogP contribution in [0.3, 0.4) is 0 Å². The van der Waals surface area contributed by atoms with Gasteiger partial charge in [-0.15, -0.1) is 0 Å². The Morgan fingerprint density at radius 2 is 1.07 bits per heavy atom. The molecule has 0 heterocycles. The van der Waals surface area contributed by atoms with Crippen LogP contribution in [0.4, 0.5) is 0 Å². The molecule has 6 rings (SSSR count). The molecule has 2 heteroatoms. The fourth-order valence-electron chi connectivity index (χ4n) is 4.66. The number of carbonyl (C=O) groups excluding carboxylic acids is 1. The van der Waals surface area contributed by atoms with E-state index in [1.807, 2.05) is 18.2 Å². The zero-order chi connectivity index (χ0) is 20.2. The molecule has 0 saturated heterocycles. The van der Waals surface area contributed by atoms with Crippen LogP contribution in [0.15, 0.2) is 91.0 Å².